The number of anilines is 1. The number of nitrogens with one attached hydrogen (secondary N) is 1. The molecule has 1 aromatic heterocycles. The Labute approximate surface area is 117 Å². The summed E-state index contributed by atoms with van der Waals surface area (Å²) in [5.41, 5.74) is 0.376. The molecule has 0 aromatic carbocycles. The van der Waals surface area contributed by atoms with Gasteiger partial charge in [-0.3, -0.25) is 4.79 Å². The van der Waals surface area contributed by atoms with Crippen molar-refractivity contribution >= 4 is 17.3 Å². The van der Waals surface area contributed by atoms with Gasteiger partial charge in [-0.15, -0.1) is 0 Å². The molecule has 0 bridgehead atoms. The monoisotopic (exact) mass is 285 g/mol. The van der Waals surface area contributed by atoms with E-state index in [0.29, 0.717) is 24.1 Å². The molecule has 0 aliphatic carbocycles. The van der Waals surface area contributed by atoms with Gasteiger partial charge in [-0.2, -0.15) is 5.10 Å². The van der Waals surface area contributed by atoms with Crippen LogP contribution in [-0.2, 0) is 11.3 Å². The third-order valence-electron chi connectivity index (χ3n) is 3.13. The topological polar surface area (TPSA) is 56.1 Å². The molecular weight excluding hydrogens is 266 g/mol. The fraction of sp³-hybridized carbons (Fsp3) is 0.692. The molecule has 1 fully saturated rings. The largest absolute Gasteiger partial charge is 0.382 e. The Hall–Kier alpha value is -1.07. The summed E-state index contributed by atoms with van der Waals surface area (Å²) in [5.74, 6) is 0.838. The minimum atomic E-state index is -0.233. The summed E-state index contributed by atoms with van der Waals surface area (Å²) in [5, 5.41) is 7.56. The first-order valence-electron chi connectivity index (χ1n) is 6.65. The number of rotatable bonds is 5. The molecule has 19 heavy (non-hydrogen) atoms. The first kappa shape index (κ1) is 14.3. The molecule has 1 aliphatic rings. The maximum Gasteiger partial charge on any atom is 0.287 e. The number of ether oxygens (including phenoxy) is 1. The summed E-state index contributed by atoms with van der Waals surface area (Å²) < 4.78 is 6.72. The highest BCUT2D eigenvalue weighted by atomic mass is 35.5. The molecule has 1 saturated heterocycles. The Morgan fingerprint density at radius 1 is 1.63 bits per heavy atom. The van der Waals surface area contributed by atoms with E-state index in [4.69, 9.17) is 16.3 Å². The van der Waals surface area contributed by atoms with E-state index in [1.54, 1.807) is 6.20 Å². The van der Waals surface area contributed by atoms with E-state index in [9.17, 15) is 4.79 Å². The van der Waals surface area contributed by atoms with Gasteiger partial charge in [-0.05, 0) is 12.3 Å². The predicted molar refractivity (Wildman–Crippen MR) is 75.8 cm³/mol. The van der Waals surface area contributed by atoms with Gasteiger partial charge in [0.2, 0.25) is 0 Å². The zero-order valence-corrected chi connectivity index (χ0v) is 12.1. The van der Waals surface area contributed by atoms with Crippen molar-refractivity contribution in [3.8, 4) is 0 Å². The van der Waals surface area contributed by atoms with Crippen LogP contribution in [0, 0.1) is 11.8 Å². The second-order valence-corrected chi connectivity index (χ2v) is 5.74. The van der Waals surface area contributed by atoms with Crippen LogP contribution in [0.15, 0.2) is 11.0 Å². The second-order valence-electron chi connectivity index (χ2n) is 5.36. The van der Waals surface area contributed by atoms with Gasteiger partial charge in [0.15, 0.2) is 0 Å². The van der Waals surface area contributed by atoms with Crippen molar-refractivity contribution in [3.63, 3.8) is 0 Å². The van der Waals surface area contributed by atoms with Gasteiger partial charge in [0.1, 0.15) is 5.02 Å². The molecule has 1 N–H and O–H groups in total. The lowest BCUT2D eigenvalue weighted by Gasteiger charge is -2.13. The molecule has 5 nitrogen and oxygen atoms in total. The minimum absolute atomic E-state index is 0.217. The van der Waals surface area contributed by atoms with Crippen LogP contribution in [-0.4, -0.2) is 29.5 Å². The lowest BCUT2D eigenvalue weighted by molar-refractivity contribution is 0.187. The van der Waals surface area contributed by atoms with Crippen LogP contribution in [0.2, 0.25) is 5.02 Å². The summed E-state index contributed by atoms with van der Waals surface area (Å²) in [4.78, 5) is 12.0. The van der Waals surface area contributed by atoms with E-state index in [0.717, 1.165) is 26.2 Å². The number of hydrogen-bond acceptors (Lipinski definition) is 4. The molecular formula is C13H20ClN3O2. The molecule has 1 aromatic rings. The van der Waals surface area contributed by atoms with Crippen molar-refractivity contribution in [1.82, 2.24) is 9.78 Å². The van der Waals surface area contributed by atoms with Crippen LogP contribution in [0.3, 0.4) is 0 Å². The summed E-state index contributed by atoms with van der Waals surface area (Å²) in [7, 11) is 0. The average molecular weight is 286 g/mol. The normalized spacial score (nSPS) is 19.1. The van der Waals surface area contributed by atoms with Crippen molar-refractivity contribution in [2.24, 2.45) is 11.8 Å². The number of hydrogen-bond donors (Lipinski definition) is 1. The summed E-state index contributed by atoms with van der Waals surface area (Å²) >= 11 is 6.10. The molecule has 1 atom stereocenters. The van der Waals surface area contributed by atoms with E-state index in [1.165, 1.54) is 4.68 Å². The molecule has 6 heteroatoms. The zero-order chi connectivity index (χ0) is 13.8. The first-order chi connectivity index (χ1) is 9.08. The van der Waals surface area contributed by atoms with Gasteiger partial charge in [-0.25, -0.2) is 4.68 Å². The summed E-state index contributed by atoms with van der Waals surface area (Å²) in [6.07, 6.45) is 2.67. The molecule has 2 heterocycles. The Kier molecular flexibility index (Phi) is 4.82. The Morgan fingerprint density at radius 2 is 2.42 bits per heavy atom. The van der Waals surface area contributed by atoms with Gasteiger partial charge in [0.25, 0.3) is 5.56 Å². The minimum Gasteiger partial charge on any atom is -0.382 e. The van der Waals surface area contributed by atoms with Crippen molar-refractivity contribution in [1.29, 1.82) is 0 Å². The quantitative estimate of drug-likeness (QED) is 0.899. The smallest absolute Gasteiger partial charge is 0.287 e. The highest BCUT2D eigenvalue weighted by Gasteiger charge is 2.16. The van der Waals surface area contributed by atoms with Crippen molar-refractivity contribution < 1.29 is 4.74 Å². The van der Waals surface area contributed by atoms with Crippen molar-refractivity contribution in [2.45, 2.75) is 26.8 Å². The van der Waals surface area contributed by atoms with E-state index < -0.39 is 0 Å². The predicted octanol–water partition coefficient (Wildman–Crippen LogP) is 2.00. The fourth-order valence-corrected chi connectivity index (χ4v) is 2.28. The lowest BCUT2D eigenvalue weighted by atomic mass is 10.1. The number of aromatic nitrogens is 2. The van der Waals surface area contributed by atoms with Crippen molar-refractivity contribution in [3.05, 3.63) is 21.6 Å². The Morgan fingerprint density at radius 3 is 3.05 bits per heavy atom. The van der Waals surface area contributed by atoms with E-state index in [2.05, 4.69) is 10.4 Å². The first-order valence-corrected chi connectivity index (χ1v) is 7.03. The molecule has 1 aliphatic heterocycles. The molecule has 1 unspecified atom stereocenters. The molecule has 2 rings (SSSR count). The van der Waals surface area contributed by atoms with E-state index in [1.807, 2.05) is 13.8 Å². The van der Waals surface area contributed by atoms with Crippen LogP contribution in [0.4, 0.5) is 5.69 Å². The third-order valence-corrected chi connectivity index (χ3v) is 3.49. The number of halogens is 1. The maximum absolute atomic E-state index is 12.0. The molecule has 0 spiro atoms. The van der Waals surface area contributed by atoms with Gasteiger partial charge in [0.05, 0.1) is 18.5 Å². The standard InChI is InChI=1S/C13H20ClN3O2/c1-9(2)7-17-13(18)12(14)11(6-16-17)15-5-10-3-4-19-8-10/h6,9-10,15H,3-5,7-8H2,1-2H3. The molecule has 0 saturated carbocycles. The van der Waals surface area contributed by atoms with Crippen LogP contribution in [0.25, 0.3) is 0 Å². The number of nitrogens with zero attached hydrogens (tertiary/aromatic N) is 2. The average Bonchev–Trinajstić information content (AvgIpc) is 2.87. The second kappa shape index (κ2) is 6.39. The SMILES string of the molecule is CC(C)Cn1ncc(NCC2CCOC2)c(Cl)c1=O. The Balaban J connectivity index is 2.05. The molecule has 0 amide bonds. The highest BCUT2D eigenvalue weighted by Crippen LogP contribution is 2.18. The van der Waals surface area contributed by atoms with Crippen LogP contribution in [0.1, 0.15) is 20.3 Å². The zero-order valence-electron chi connectivity index (χ0n) is 11.4. The molecule has 106 valence electrons. The third kappa shape index (κ3) is 3.70. The van der Waals surface area contributed by atoms with Crippen LogP contribution in [0.5, 0.6) is 0 Å². The van der Waals surface area contributed by atoms with E-state index >= 15 is 0 Å². The van der Waals surface area contributed by atoms with Gasteiger partial charge in [0, 0.05) is 25.6 Å². The Bertz CT molecular complexity index is 481. The van der Waals surface area contributed by atoms with Gasteiger partial charge < -0.3 is 10.1 Å². The fourth-order valence-electron chi connectivity index (χ4n) is 2.06. The van der Waals surface area contributed by atoms with Crippen LogP contribution >= 0.6 is 11.6 Å². The summed E-state index contributed by atoms with van der Waals surface area (Å²) in [6.45, 7) is 6.99. The van der Waals surface area contributed by atoms with Gasteiger partial charge in [-0.1, -0.05) is 25.4 Å². The van der Waals surface area contributed by atoms with Crippen molar-refractivity contribution in [2.75, 3.05) is 25.1 Å². The molecule has 0 radical (unpaired) electrons. The van der Waals surface area contributed by atoms with Gasteiger partial charge >= 0.3 is 0 Å². The highest BCUT2D eigenvalue weighted by molar-refractivity contribution is 6.32. The van der Waals surface area contributed by atoms with E-state index in [-0.39, 0.29) is 10.6 Å². The summed E-state index contributed by atoms with van der Waals surface area (Å²) in [6, 6.07) is 0. The van der Waals surface area contributed by atoms with Crippen LogP contribution < -0.4 is 10.9 Å². The lowest BCUT2D eigenvalue weighted by Crippen LogP contribution is -2.27. The maximum atomic E-state index is 12.0.